The first-order valence-electron chi connectivity index (χ1n) is 11.4. The summed E-state index contributed by atoms with van der Waals surface area (Å²) in [5, 5.41) is 0. The highest BCUT2D eigenvalue weighted by molar-refractivity contribution is 4.81. The fraction of sp³-hybridized carbons (Fsp3) is 0.913. The van der Waals surface area contributed by atoms with Gasteiger partial charge in [-0.3, -0.25) is 0 Å². The quantitative estimate of drug-likeness (QED) is 0.185. The molecule has 0 aromatic carbocycles. The summed E-state index contributed by atoms with van der Waals surface area (Å²) >= 11 is 0. The van der Waals surface area contributed by atoms with E-state index in [0.29, 0.717) is 0 Å². The maximum atomic E-state index is 5.68. The molecule has 154 valence electrons. The average Bonchev–Trinajstić information content (AvgIpc) is 3.17. The van der Waals surface area contributed by atoms with Crippen LogP contribution < -0.4 is 0 Å². The second-order valence-corrected chi connectivity index (χ2v) is 7.51. The molecule has 1 aliphatic rings. The molecule has 0 aromatic heterocycles. The maximum Gasteiger partial charge on any atom is 0.157 e. The summed E-state index contributed by atoms with van der Waals surface area (Å²) in [4.78, 5) is 0. The fourth-order valence-corrected chi connectivity index (χ4v) is 3.30. The van der Waals surface area contributed by atoms with Gasteiger partial charge in [0.05, 0.1) is 13.2 Å². The smallest absolute Gasteiger partial charge is 0.157 e. The summed E-state index contributed by atoms with van der Waals surface area (Å²) in [7, 11) is 0. The van der Waals surface area contributed by atoms with Gasteiger partial charge in [-0.25, -0.2) is 0 Å². The zero-order valence-corrected chi connectivity index (χ0v) is 17.4. The molecular weight excluding hydrogens is 324 g/mol. The summed E-state index contributed by atoms with van der Waals surface area (Å²) in [6, 6.07) is 0. The summed E-state index contributed by atoms with van der Waals surface area (Å²) < 4.78 is 16.5. The van der Waals surface area contributed by atoms with Crippen LogP contribution in [0.3, 0.4) is 0 Å². The van der Waals surface area contributed by atoms with Gasteiger partial charge in [0.25, 0.3) is 0 Å². The molecule has 0 saturated carbocycles. The van der Waals surface area contributed by atoms with E-state index in [-0.39, 0.29) is 6.29 Å². The standard InChI is InChI=1S/C23H44O3/c1-2-3-4-5-6-7-8-9-10-11-12-13-14-15-16-19-24-20-17-18-23-25-21-22-26-23/h9-10,23H,2-8,11-22H2,1H3. The Hall–Kier alpha value is -0.380. The Balaban J connectivity index is 1.67. The predicted octanol–water partition coefficient (Wildman–Crippen LogP) is 6.80. The fourth-order valence-electron chi connectivity index (χ4n) is 3.30. The monoisotopic (exact) mass is 368 g/mol. The zero-order valence-electron chi connectivity index (χ0n) is 17.4. The van der Waals surface area contributed by atoms with Crippen molar-refractivity contribution in [2.45, 2.75) is 110 Å². The lowest BCUT2D eigenvalue weighted by Crippen LogP contribution is -2.09. The first-order chi connectivity index (χ1) is 12.9. The van der Waals surface area contributed by atoms with Crippen molar-refractivity contribution in [2.24, 2.45) is 0 Å². The zero-order chi connectivity index (χ0) is 18.5. The maximum absolute atomic E-state index is 5.68. The molecule has 0 aromatic rings. The Kier molecular flexibility index (Phi) is 17.6. The minimum Gasteiger partial charge on any atom is -0.381 e. The SMILES string of the molecule is CCCCCCCCC=CCCCCCCCOCCCC1OCCO1. The van der Waals surface area contributed by atoms with E-state index in [1.54, 1.807) is 0 Å². The van der Waals surface area contributed by atoms with Crippen LogP contribution in [0.25, 0.3) is 0 Å². The van der Waals surface area contributed by atoms with Crippen molar-refractivity contribution in [3.05, 3.63) is 12.2 Å². The molecule has 26 heavy (non-hydrogen) atoms. The van der Waals surface area contributed by atoms with Gasteiger partial charge in [-0.05, 0) is 38.5 Å². The summed E-state index contributed by atoms with van der Waals surface area (Å²) in [6.45, 7) is 5.53. The van der Waals surface area contributed by atoms with Crippen LogP contribution in [0.1, 0.15) is 103 Å². The molecule has 1 heterocycles. The number of hydrogen-bond acceptors (Lipinski definition) is 3. The molecule has 0 amide bonds. The number of allylic oxidation sites excluding steroid dienone is 2. The first-order valence-corrected chi connectivity index (χ1v) is 11.4. The van der Waals surface area contributed by atoms with Gasteiger partial charge in [-0.2, -0.15) is 0 Å². The molecule has 1 aliphatic heterocycles. The number of unbranched alkanes of at least 4 members (excludes halogenated alkanes) is 11. The molecule has 0 aliphatic carbocycles. The van der Waals surface area contributed by atoms with Gasteiger partial charge in [-0.15, -0.1) is 0 Å². The Labute approximate surface area is 162 Å². The van der Waals surface area contributed by atoms with E-state index in [0.717, 1.165) is 39.3 Å². The Bertz CT molecular complexity index is 298. The Morgan fingerprint density at radius 3 is 1.88 bits per heavy atom. The van der Waals surface area contributed by atoms with Crippen LogP contribution in [-0.4, -0.2) is 32.7 Å². The highest BCUT2D eigenvalue weighted by Gasteiger charge is 2.14. The molecule has 1 rings (SSSR count). The largest absolute Gasteiger partial charge is 0.381 e. The molecule has 0 bridgehead atoms. The van der Waals surface area contributed by atoms with Gasteiger partial charge in [-0.1, -0.05) is 70.4 Å². The van der Waals surface area contributed by atoms with Crippen molar-refractivity contribution in [2.75, 3.05) is 26.4 Å². The third-order valence-corrected chi connectivity index (χ3v) is 4.97. The van der Waals surface area contributed by atoms with E-state index in [2.05, 4.69) is 19.1 Å². The van der Waals surface area contributed by atoms with Gasteiger partial charge in [0.1, 0.15) is 0 Å². The van der Waals surface area contributed by atoms with Crippen molar-refractivity contribution < 1.29 is 14.2 Å². The van der Waals surface area contributed by atoms with Crippen LogP contribution in [0, 0.1) is 0 Å². The first kappa shape index (κ1) is 23.7. The lowest BCUT2D eigenvalue weighted by molar-refractivity contribution is -0.0516. The van der Waals surface area contributed by atoms with Crippen LogP contribution in [-0.2, 0) is 14.2 Å². The van der Waals surface area contributed by atoms with E-state index in [4.69, 9.17) is 14.2 Å². The molecule has 0 atom stereocenters. The molecule has 0 unspecified atom stereocenters. The number of ether oxygens (including phenoxy) is 3. The normalized spacial score (nSPS) is 15.4. The second kappa shape index (κ2) is 19.4. The van der Waals surface area contributed by atoms with E-state index in [1.807, 2.05) is 0 Å². The molecule has 3 nitrogen and oxygen atoms in total. The van der Waals surface area contributed by atoms with E-state index in [1.165, 1.54) is 83.5 Å². The molecule has 1 saturated heterocycles. The van der Waals surface area contributed by atoms with Gasteiger partial charge in [0, 0.05) is 19.6 Å². The summed E-state index contributed by atoms with van der Waals surface area (Å²) in [5.41, 5.74) is 0. The molecular formula is C23H44O3. The average molecular weight is 369 g/mol. The molecule has 3 heteroatoms. The highest BCUT2D eigenvalue weighted by atomic mass is 16.7. The topological polar surface area (TPSA) is 27.7 Å². The van der Waals surface area contributed by atoms with Crippen LogP contribution in [0.4, 0.5) is 0 Å². The summed E-state index contributed by atoms with van der Waals surface area (Å²) in [6.07, 6.45) is 24.3. The molecule has 0 N–H and O–H groups in total. The molecule has 0 spiro atoms. The number of hydrogen-bond donors (Lipinski definition) is 0. The third kappa shape index (κ3) is 15.8. The van der Waals surface area contributed by atoms with Gasteiger partial charge in [0.2, 0.25) is 0 Å². The lowest BCUT2D eigenvalue weighted by atomic mass is 10.1. The van der Waals surface area contributed by atoms with Crippen LogP contribution in [0.15, 0.2) is 12.2 Å². The van der Waals surface area contributed by atoms with Crippen molar-refractivity contribution >= 4 is 0 Å². The Morgan fingerprint density at radius 1 is 0.692 bits per heavy atom. The molecule has 1 fully saturated rings. The Morgan fingerprint density at radius 2 is 1.23 bits per heavy atom. The van der Waals surface area contributed by atoms with Crippen molar-refractivity contribution in [3.8, 4) is 0 Å². The van der Waals surface area contributed by atoms with Crippen molar-refractivity contribution in [1.29, 1.82) is 0 Å². The minimum atomic E-state index is 0.0263. The third-order valence-electron chi connectivity index (χ3n) is 4.97. The van der Waals surface area contributed by atoms with Crippen LogP contribution in [0.2, 0.25) is 0 Å². The van der Waals surface area contributed by atoms with Gasteiger partial charge >= 0.3 is 0 Å². The molecule has 0 radical (unpaired) electrons. The number of rotatable bonds is 19. The van der Waals surface area contributed by atoms with Crippen molar-refractivity contribution in [1.82, 2.24) is 0 Å². The minimum absolute atomic E-state index is 0.0263. The van der Waals surface area contributed by atoms with Crippen LogP contribution in [0.5, 0.6) is 0 Å². The second-order valence-electron chi connectivity index (χ2n) is 7.51. The summed E-state index contributed by atoms with van der Waals surface area (Å²) in [5.74, 6) is 0. The predicted molar refractivity (Wildman–Crippen MR) is 111 cm³/mol. The highest BCUT2D eigenvalue weighted by Crippen LogP contribution is 2.11. The van der Waals surface area contributed by atoms with Gasteiger partial charge in [0.15, 0.2) is 6.29 Å². The lowest BCUT2D eigenvalue weighted by Gasteiger charge is -2.08. The van der Waals surface area contributed by atoms with E-state index in [9.17, 15) is 0 Å². The van der Waals surface area contributed by atoms with Crippen LogP contribution >= 0.6 is 0 Å². The van der Waals surface area contributed by atoms with Gasteiger partial charge < -0.3 is 14.2 Å². The van der Waals surface area contributed by atoms with E-state index >= 15 is 0 Å². The van der Waals surface area contributed by atoms with E-state index < -0.39 is 0 Å². The van der Waals surface area contributed by atoms with Crippen molar-refractivity contribution in [3.63, 3.8) is 0 Å².